The van der Waals surface area contributed by atoms with E-state index in [1.807, 2.05) is 6.92 Å². The molecule has 0 bridgehead atoms. The minimum atomic E-state index is -1.27. The molecule has 0 aromatic heterocycles. The van der Waals surface area contributed by atoms with Gasteiger partial charge in [0.25, 0.3) is 0 Å². The number of ketones is 1. The molecular formula is C9H17NO2. The second kappa shape index (κ2) is 4.26. The molecule has 0 unspecified atom stereocenters. The number of hydrogen-bond donors (Lipinski definition) is 2. The summed E-state index contributed by atoms with van der Waals surface area (Å²) in [5.41, 5.74) is -0.485. The first-order valence-electron chi connectivity index (χ1n) is 4.07. The van der Waals surface area contributed by atoms with Gasteiger partial charge in [-0.1, -0.05) is 0 Å². The molecule has 2 N–H and O–H groups in total. The Kier molecular flexibility index (Phi) is 3.96. The van der Waals surface area contributed by atoms with Gasteiger partial charge in [0, 0.05) is 18.3 Å². The molecule has 0 aliphatic carbocycles. The van der Waals surface area contributed by atoms with Crippen LogP contribution in [0.1, 0.15) is 27.7 Å². The molecule has 70 valence electrons. The molecule has 3 heteroatoms. The van der Waals surface area contributed by atoms with E-state index >= 15 is 0 Å². The van der Waals surface area contributed by atoms with E-state index in [0.29, 0.717) is 0 Å². The fourth-order valence-electron chi connectivity index (χ4n) is 0.703. The van der Waals surface area contributed by atoms with Gasteiger partial charge in [-0.05, 0) is 27.7 Å². The summed E-state index contributed by atoms with van der Waals surface area (Å²) in [6.07, 6.45) is 1.42. The molecule has 0 aromatic rings. The molecule has 0 heterocycles. The zero-order valence-corrected chi connectivity index (χ0v) is 8.14. The SMILES string of the molecule is CCN/C(C)=C/C(=O)C(C)(C)O. The highest BCUT2D eigenvalue weighted by Crippen LogP contribution is 2.04. The molecule has 0 aromatic carbocycles. The van der Waals surface area contributed by atoms with Crippen molar-refractivity contribution in [2.75, 3.05) is 6.54 Å². The highest BCUT2D eigenvalue weighted by molar-refractivity contribution is 5.96. The molecule has 0 aliphatic heterocycles. The number of aliphatic hydroxyl groups is 1. The van der Waals surface area contributed by atoms with Crippen LogP contribution in [0, 0.1) is 0 Å². The first-order chi connectivity index (χ1) is 5.38. The zero-order chi connectivity index (χ0) is 9.78. The molecule has 0 saturated carbocycles. The lowest BCUT2D eigenvalue weighted by Gasteiger charge is -2.13. The standard InChI is InChI=1S/C9H17NO2/c1-5-10-7(2)6-8(11)9(3,4)12/h6,10,12H,5H2,1-4H3/b7-6+. The molecule has 12 heavy (non-hydrogen) atoms. The van der Waals surface area contributed by atoms with E-state index in [4.69, 9.17) is 0 Å². The summed E-state index contributed by atoms with van der Waals surface area (Å²) in [6.45, 7) is 7.48. The number of nitrogens with one attached hydrogen (secondary N) is 1. The Morgan fingerprint density at radius 2 is 2.08 bits per heavy atom. The van der Waals surface area contributed by atoms with Gasteiger partial charge < -0.3 is 10.4 Å². The average molecular weight is 171 g/mol. The molecule has 0 saturated heterocycles. The van der Waals surface area contributed by atoms with E-state index in [0.717, 1.165) is 12.2 Å². The third-order valence-corrected chi connectivity index (χ3v) is 1.41. The highest BCUT2D eigenvalue weighted by Gasteiger charge is 2.21. The second-order valence-corrected chi connectivity index (χ2v) is 3.28. The monoisotopic (exact) mass is 171 g/mol. The van der Waals surface area contributed by atoms with Crippen molar-refractivity contribution in [1.29, 1.82) is 0 Å². The fraction of sp³-hybridized carbons (Fsp3) is 0.667. The van der Waals surface area contributed by atoms with Crippen molar-refractivity contribution in [3.8, 4) is 0 Å². The Labute approximate surface area is 73.5 Å². The van der Waals surface area contributed by atoms with Crippen molar-refractivity contribution in [2.45, 2.75) is 33.3 Å². The van der Waals surface area contributed by atoms with E-state index in [-0.39, 0.29) is 5.78 Å². The molecule has 0 atom stereocenters. The lowest BCUT2D eigenvalue weighted by atomic mass is 10.0. The Morgan fingerprint density at radius 3 is 2.42 bits per heavy atom. The van der Waals surface area contributed by atoms with E-state index in [1.54, 1.807) is 6.92 Å². The van der Waals surface area contributed by atoms with Crippen LogP contribution in [0.25, 0.3) is 0 Å². The van der Waals surface area contributed by atoms with Gasteiger partial charge in [-0.3, -0.25) is 4.79 Å². The number of allylic oxidation sites excluding steroid dienone is 1. The summed E-state index contributed by atoms with van der Waals surface area (Å²) < 4.78 is 0. The van der Waals surface area contributed by atoms with Crippen molar-refractivity contribution in [3.63, 3.8) is 0 Å². The van der Waals surface area contributed by atoms with Gasteiger partial charge in [0.15, 0.2) is 5.78 Å². The smallest absolute Gasteiger partial charge is 0.188 e. The van der Waals surface area contributed by atoms with Crippen LogP contribution < -0.4 is 5.32 Å². The van der Waals surface area contributed by atoms with Crippen molar-refractivity contribution >= 4 is 5.78 Å². The summed E-state index contributed by atoms with van der Waals surface area (Å²) in [7, 11) is 0. The van der Waals surface area contributed by atoms with Crippen LogP contribution in [0.3, 0.4) is 0 Å². The van der Waals surface area contributed by atoms with E-state index in [2.05, 4.69) is 5.32 Å². The van der Waals surface area contributed by atoms with E-state index < -0.39 is 5.60 Å². The van der Waals surface area contributed by atoms with Crippen LogP contribution >= 0.6 is 0 Å². The van der Waals surface area contributed by atoms with Crippen molar-refractivity contribution in [1.82, 2.24) is 5.32 Å². The molecule has 0 fully saturated rings. The maximum absolute atomic E-state index is 11.2. The van der Waals surface area contributed by atoms with E-state index in [1.165, 1.54) is 19.9 Å². The van der Waals surface area contributed by atoms with Gasteiger partial charge in [0.2, 0.25) is 0 Å². The van der Waals surface area contributed by atoms with Gasteiger partial charge in [-0.25, -0.2) is 0 Å². The number of carbonyl (C=O) groups excluding carboxylic acids is 1. The minimum absolute atomic E-state index is 0.277. The predicted molar refractivity (Wildman–Crippen MR) is 48.7 cm³/mol. The predicted octanol–water partition coefficient (Wildman–Crippen LogP) is 0.840. The highest BCUT2D eigenvalue weighted by atomic mass is 16.3. The van der Waals surface area contributed by atoms with Gasteiger partial charge in [-0.2, -0.15) is 0 Å². The molecule has 0 aliphatic rings. The van der Waals surface area contributed by atoms with Crippen LogP contribution in [-0.4, -0.2) is 23.0 Å². The lowest BCUT2D eigenvalue weighted by molar-refractivity contribution is -0.128. The van der Waals surface area contributed by atoms with E-state index in [9.17, 15) is 9.90 Å². The molecule has 0 spiro atoms. The summed E-state index contributed by atoms with van der Waals surface area (Å²) in [6, 6.07) is 0. The molecule has 0 radical (unpaired) electrons. The number of rotatable bonds is 4. The summed E-state index contributed by atoms with van der Waals surface area (Å²) in [4.78, 5) is 11.2. The zero-order valence-electron chi connectivity index (χ0n) is 8.14. The molecule has 0 rings (SSSR count). The molecular weight excluding hydrogens is 154 g/mol. The second-order valence-electron chi connectivity index (χ2n) is 3.28. The Morgan fingerprint density at radius 1 is 1.58 bits per heavy atom. The van der Waals surface area contributed by atoms with Crippen LogP contribution in [0.5, 0.6) is 0 Å². The Balaban J connectivity index is 4.24. The fourth-order valence-corrected chi connectivity index (χ4v) is 0.703. The van der Waals surface area contributed by atoms with Crippen LogP contribution in [0.4, 0.5) is 0 Å². The maximum atomic E-state index is 11.2. The normalized spacial score (nSPS) is 12.9. The minimum Gasteiger partial charge on any atom is -0.389 e. The maximum Gasteiger partial charge on any atom is 0.188 e. The first-order valence-corrected chi connectivity index (χ1v) is 4.07. The summed E-state index contributed by atoms with van der Waals surface area (Å²) in [5.74, 6) is -0.277. The third kappa shape index (κ3) is 4.13. The lowest BCUT2D eigenvalue weighted by Crippen LogP contribution is -2.30. The number of carbonyl (C=O) groups is 1. The number of hydrogen-bond acceptors (Lipinski definition) is 3. The van der Waals surface area contributed by atoms with Gasteiger partial charge in [0.1, 0.15) is 5.60 Å². The van der Waals surface area contributed by atoms with Crippen molar-refractivity contribution in [2.24, 2.45) is 0 Å². The Hall–Kier alpha value is -0.830. The third-order valence-electron chi connectivity index (χ3n) is 1.41. The molecule has 0 amide bonds. The first kappa shape index (κ1) is 11.2. The van der Waals surface area contributed by atoms with Gasteiger partial charge >= 0.3 is 0 Å². The van der Waals surface area contributed by atoms with Crippen LogP contribution in [-0.2, 0) is 4.79 Å². The topological polar surface area (TPSA) is 49.3 Å². The average Bonchev–Trinajstić information content (AvgIpc) is 1.85. The quantitative estimate of drug-likeness (QED) is 0.616. The van der Waals surface area contributed by atoms with Crippen molar-refractivity contribution in [3.05, 3.63) is 11.8 Å². The summed E-state index contributed by atoms with van der Waals surface area (Å²) in [5, 5.41) is 12.3. The van der Waals surface area contributed by atoms with Crippen LogP contribution in [0.15, 0.2) is 11.8 Å². The Bertz CT molecular complexity index is 189. The molecule has 3 nitrogen and oxygen atoms in total. The largest absolute Gasteiger partial charge is 0.389 e. The van der Waals surface area contributed by atoms with Gasteiger partial charge in [0.05, 0.1) is 0 Å². The summed E-state index contributed by atoms with van der Waals surface area (Å²) >= 11 is 0. The van der Waals surface area contributed by atoms with Gasteiger partial charge in [-0.15, -0.1) is 0 Å². The van der Waals surface area contributed by atoms with Crippen LogP contribution in [0.2, 0.25) is 0 Å². The van der Waals surface area contributed by atoms with Crippen molar-refractivity contribution < 1.29 is 9.90 Å².